The van der Waals surface area contributed by atoms with Gasteiger partial charge in [-0.15, -0.1) is 0 Å². The Balaban J connectivity index is 3.63. The average Bonchev–Trinajstić information content (AvgIpc) is 2.71. The highest BCUT2D eigenvalue weighted by molar-refractivity contribution is 5.37. The van der Waals surface area contributed by atoms with Gasteiger partial charge in [-0.05, 0) is 12.5 Å². The number of non-ortho nitro benzene ring substituents is 1. The molecule has 0 bridgehead atoms. The van der Waals surface area contributed by atoms with Crippen LogP contribution in [0, 0.1) is 10.1 Å². The molecule has 1 atom stereocenters. The second kappa shape index (κ2) is 8.97. The van der Waals surface area contributed by atoms with Gasteiger partial charge in [-0.1, -0.05) is 12.1 Å². The zero-order valence-corrected chi connectivity index (χ0v) is 17.7. The molecule has 0 radical (unpaired) electrons. The molecular weight excluding hydrogens is 589 g/mol. The molecule has 0 fully saturated rings. The Kier molecular flexibility index (Phi) is 7.89. The Bertz CT molecular complexity index is 1050. The lowest BCUT2D eigenvalue weighted by Gasteiger charge is -2.43. The maximum Gasteiger partial charge on any atom is 0.460 e. The third kappa shape index (κ3) is 4.69. The van der Waals surface area contributed by atoms with Gasteiger partial charge in [-0.3, -0.25) is 10.1 Å². The Morgan fingerprint density at radius 3 is 1.42 bits per heavy atom. The summed E-state index contributed by atoms with van der Waals surface area (Å²) in [5.41, 5.74) is -5.82. The van der Waals surface area contributed by atoms with Crippen LogP contribution in [0.2, 0.25) is 0 Å². The number of rotatable bonds is 10. The normalized spacial score (nSPS) is 16.8. The van der Waals surface area contributed by atoms with Crippen molar-refractivity contribution in [2.75, 3.05) is 0 Å². The minimum absolute atomic E-state index is 0.0545. The van der Waals surface area contributed by atoms with Crippen LogP contribution >= 0.6 is 0 Å². The molecule has 1 rings (SSSR count). The van der Waals surface area contributed by atoms with Crippen molar-refractivity contribution >= 4 is 5.69 Å². The first-order valence-corrected chi connectivity index (χ1v) is 9.05. The number of halogens is 17. The number of hydrogen-bond donors (Lipinski definition) is 1. The lowest BCUT2D eigenvalue weighted by molar-refractivity contribution is -0.462. The van der Waals surface area contributed by atoms with Crippen molar-refractivity contribution in [2.45, 2.75) is 66.6 Å². The van der Waals surface area contributed by atoms with Crippen LogP contribution in [-0.4, -0.2) is 57.7 Å². The van der Waals surface area contributed by atoms with E-state index in [1.807, 2.05) is 0 Å². The summed E-state index contributed by atoms with van der Waals surface area (Å²) in [5.74, 6) is -57.7. The van der Waals surface area contributed by atoms with Crippen molar-refractivity contribution in [1.29, 1.82) is 0 Å². The van der Waals surface area contributed by atoms with Gasteiger partial charge in [0.15, 0.2) is 0 Å². The summed E-state index contributed by atoms with van der Waals surface area (Å²) in [5, 5.41) is 20.7. The summed E-state index contributed by atoms with van der Waals surface area (Å²) in [6.45, 7) is 0.0545. The largest absolute Gasteiger partial charge is 0.460 e. The van der Waals surface area contributed by atoms with E-state index < -0.39 is 75.8 Å². The van der Waals surface area contributed by atoms with Gasteiger partial charge in [0.25, 0.3) is 5.69 Å². The van der Waals surface area contributed by atoms with Gasteiger partial charge in [-0.25, -0.2) is 0 Å². The lowest BCUT2D eigenvalue weighted by Crippen LogP contribution is -2.74. The smallest absolute Gasteiger partial charge is 0.385 e. The lowest BCUT2D eigenvalue weighted by atomic mass is 9.83. The van der Waals surface area contributed by atoms with Gasteiger partial charge in [0, 0.05) is 12.1 Å². The van der Waals surface area contributed by atoms with E-state index in [0.717, 1.165) is 0 Å². The third-order valence-corrected chi connectivity index (χ3v) is 5.03. The van der Waals surface area contributed by atoms with Crippen molar-refractivity contribution in [3.8, 4) is 0 Å². The van der Waals surface area contributed by atoms with E-state index in [2.05, 4.69) is 0 Å². The molecule has 1 unspecified atom stereocenters. The predicted octanol–water partition coefficient (Wildman–Crippen LogP) is 7.20. The van der Waals surface area contributed by atoms with E-state index >= 15 is 0 Å². The second-order valence-electron chi connectivity index (χ2n) is 7.91. The van der Waals surface area contributed by atoms with E-state index in [1.165, 1.54) is 0 Å². The highest BCUT2D eigenvalue weighted by Gasteiger charge is 2.95. The molecule has 0 heterocycles. The molecule has 1 N–H and O–H groups in total. The molecule has 0 saturated heterocycles. The van der Waals surface area contributed by atoms with Gasteiger partial charge in [0.1, 0.15) is 0 Å². The fourth-order valence-corrected chi connectivity index (χ4v) is 2.80. The van der Waals surface area contributed by atoms with E-state index in [0.29, 0.717) is 18.2 Å². The van der Waals surface area contributed by atoms with Crippen molar-refractivity contribution in [2.24, 2.45) is 0 Å². The van der Waals surface area contributed by atoms with Gasteiger partial charge in [0.2, 0.25) is 0 Å². The van der Waals surface area contributed by atoms with Crippen molar-refractivity contribution < 1.29 is 84.7 Å². The summed E-state index contributed by atoms with van der Waals surface area (Å²) in [7, 11) is 0. The monoisotopic (exact) mass is 599 g/mol. The molecule has 38 heavy (non-hydrogen) atoms. The van der Waals surface area contributed by atoms with Crippen LogP contribution in [0.3, 0.4) is 0 Å². The maximum atomic E-state index is 14.2. The van der Waals surface area contributed by atoms with Crippen molar-refractivity contribution in [3.63, 3.8) is 0 Å². The SMILES string of the molecule is CC(O)(CC(F)(F)C(F)(F)C(F)(F)C(F)(F)C(F)(F)C(F)(F)C(F)(F)C(F)(F)F)c1cccc([N+](=O)[O-])c1. The van der Waals surface area contributed by atoms with Gasteiger partial charge < -0.3 is 5.11 Å². The van der Waals surface area contributed by atoms with Gasteiger partial charge in [-0.2, -0.15) is 74.6 Å². The summed E-state index contributed by atoms with van der Waals surface area (Å²) >= 11 is 0. The predicted molar refractivity (Wildman–Crippen MR) is 88.0 cm³/mol. The molecule has 0 aliphatic rings. The number of hydrogen-bond acceptors (Lipinski definition) is 3. The van der Waals surface area contributed by atoms with E-state index in [-0.39, 0.29) is 13.0 Å². The minimum atomic E-state index is -8.76. The summed E-state index contributed by atoms with van der Waals surface area (Å²) < 4.78 is 227. The Hall–Kier alpha value is -2.61. The molecule has 0 aromatic heterocycles. The van der Waals surface area contributed by atoms with E-state index in [9.17, 15) is 89.9 Å². The number of alkyl halides is 17. The average molecular weight is 599 g/mol. The van der Waals surface area contributed by atoms with Crippen LogP contribution in [0.15, 0.2) is 24.3 Å². The molecule has 0 amide bonds. The van der Waals surface area contributed by atoms with Crippen LogP contribution in [0.1, 0.15) is 18.9 Å². The fourth-order valence-electron chi connectivity index (χ4n) is 2.80. The molecule has 1 aromatic carbocycles. The molecule has 0 aliphatic carbocycles. The Morgan fingerprint density at radius 1 is 0.684 bits per heavy atom. The zero-order chi connectivity index (χ0) is 30.8. The molecule has 0 saturated carbocycles. The number of nitro benzene ring substituents is 1. The molecule has 0 aliphatic heterocycles. The maximum absolute atomic E-state index is 14.2. The first-order chi connectivity index (χ1) is 16.4. The van der Waals surface area contributed by atoms with Crippen LogP contribution in [0.25, 0.3) is 0 Å². The first-order valence-electron chi connectivity index (χ1n) is 9.05. The van der Waals surface area contributed by atoms with Crippen LogP contribution < -0.4 is 0 Å². The first kappa shape index (κ1) is 33.4. The quantitative estimate of drug-likeness (QED) is 0.176. The molecular formula is C17H10F17NO3. The second-order valence-corrected chi connectivity index (χ2v) is 7.91. The third-order valence-electron chi connectivity index (χ3n) is 5.03. The summed E-state index contributed by atoms with van der Waals surface area (Å²) in [6, 6.07) is 1.90. The fraction of sp³-hybridized carbons (Fsp3) is 0.647. The van der Waals surface area contributed by atoms with E-state index in [1.54, 1.807) is 0 Å². The summed E-state index contributed by atoms with van der Waals surface area (Å²) in [4.78, 5) is 9.44. The van der Waals surface area contributed by atoms with Crippen LogP contribution in [0.4, 0.5) is 80.3 Å². The van der Waals surface area contributed by atoms with Crippen LogP contribution in [0.5, 0.6) is 0 Å². The van der Waals surface area contributed by atoms with Crippen molar-refractivity contribution in [1.82, 2.24) is 0 Å². The molecule has 4 nitrogen and oxygen atoms in total. The number of aliphatic hydroxyl groups is 1. The van der Waals surface area contributed by atoms with E-state index in [4.69, 9.17) is 0 Å². The van der Waals surface area contributed by atoms with Gasteiger partial charge >= 0.3 is 47.6 Å². The van der Waals surface area contributed by atoms with Crippen molar-refractivity contribution in [3.05, 3.63) is 39.9 Å². The Labute approximate surface area is 198 Å². The summed E-state index contributed by atoms with van der Waals surface area (Å²) in [6.07, 6.45) is -11.0. The molecule has 0 spiro atoms. The van der Waals surface area contributed by atoms with Crippen LogP contribution in [-0.2, 0) is 5.60 Å². The minimum Gasteiger partial charge on any atom is -0.385 e. The number of nitrogens with zero attached hydrogens (tertiary/aromatic N) is 1. The number of nitro groups is 1. The highest BCUT2D eigenvalue weighted by Crippen LogP contribution is 2.64. The Morgan fingerprint density at radius 2 is 1.05 bits per heavy atom. The highest BCUT2D eigenvalue weighted by atomic mass is 19.4. The molecule has 220 valence electrons. The number of benzene rings is 1. The standard InChI is InChI=1S/C17H10F17NO3/c1-9(36,7-3-2-4-8(5-7)35(37)38)6-10(18,19)11(20,21)12(22,23)13(24,25)14(26,27)15(28,29)16(30,31)17(32,33)34/h2-5,36H,6H2,1H3. The zero-order valence-electron chi connectivity index (χ0n) is 17.7. The molecule has 1 aromatic rings. The van der Waals surface area contributed by atoms with Gasteiger partial charge in [0.05, 0.1) is 16.9 Å². The topological polar surface area (TPSA) is 63.4 Å². The molecule has 21 heteroatoms.